The first-order valence-corrected chi connectivity index (χ1v) is 16.5. The Balaban J connectivity index is -0.0000000918. The maximum Gasteiger partial charge on any atom is 2.00 e. The number of rotatable bonds is 8. The molecule has 0 aliphatic carbocycles. The van der Waals surface area contributed by atoms with Crippen LogP contribution in [0, 0.1) is 6.92 Å². The van der Waals surface area contributed by atoms with Crippen LogP contribution in [0.5, 0.6) is 0 Å². The SMILES string of the molecule is C=C(C)[Si](C)(CCCCl)C(=C)C.C=C([CH2-])C.C[Si](Cl)(Cl)CCCCl.[Cl-].[Mg+2]. The van der Waals surface area contributed by atoms with E-state index in [4.69, 9.17) is 45.4 Å². The van der Waals surface area contributed by atoms with E-state index >= 15 is 0 Å². The second-order valence-corrected chi connectivity index (χ2v) is 20.4. The van der Waals surface area contributed by atoms with Crippen LogP contribution in [0.3, 0.4) is 0 Å². The molecule has 0 amide bonds. The molecule has 0 aliphatic rings. The molecule has 0 aliphatic heterocycles. The Morgan fingerprint density at radius 3 is 1.27 bits per heavy atom. The van der Waals surface area contributed by atoms with Gasteiger partial charge in [0.1, 0.15) is 8.07 Å². The predicted octanol–water partition coefficient (Wildman–Crippen LogP) is 5.11. The molecule has 152 valence electrons. The molecular weight excluding hydrogens is 474 g/mol. The summed E-state index contributed by atoms with van der Waals surface area (Å²) in [6, 6.07) is 2.10. The molecule has 0 aromatic heterocycles. The largest absolute Gasteiger partial charge is 2.00 e. The van der Waals surface area contributed by atoms with Gasteiger partial charge in [-0.3, -0.25) is 0 Å². The van der Waals surface area contributed by atoms with E-state index < -0.39 is 14.8 Å². The van der Waals surface area contributed by atoms with Gasteiger partial charge in [-0.05, 0) is 45.3 Å². The number of halogens is 5. The molecule has 0 N–H and O–H groups in total. The standard InChI is InChI=1S/C10H19ClSi.C4H9Cl3Si.C4H7.ClH.Mg/c1-9(2)12(5,10(3)4)8-6-7-11;1-8(6,7)4-2-3-5;1-4(2)3;;/h1,3,6-8H2,2,4-5H3;2-4H2,1H3;1-2H2,3H3;1H;/q;;-1;;+2/p-1. The molecule has 26 heavy (non-hydrogen) atoms. The van der Waals surface area contributed by atoms with Crippen LogP contribution < -0.4 is 12.4 Å². The van der Waals surface area contributed by atoms with Crippen LogP contribution in [0.2, 0.25) is 25.2 Å². The minimum absolute atomic E-state index is 0. The Morgan fingerprint density at radius 1 is 0.846 bits per heavy atom. The Bertz CT molecular complexity index is 364. The van der Waals surface area contributed by atoms with Gasteiger partial charge < -0.3 is 12.4 Å². The fourth-order valence-corrected chi connectivity index (χ4v) is 6.37. The van der Waals surface area contributed by atoms with Gasteiger partial charge in [-0.1, -0.05) is 23.9 Å². The molecule has 0 saturated heterocycles. The van der Waals surface area contributed by atoms with E-state index in [2.05, 4.69) is 47.1 Å². The van der Waals surface area contributed by atoms with Crippen LogP contribution in [0.4, 0.5) is 0 Å². The van der Waals surface area contributed by atoms with Crippen molar-refractivity contribution in [2.24, 2.45) is 0 Å². The van der Waals surface area contributed by atoms with Gasteiger partial charge >= 0.3 is 23.1 Å². The van der Waals surface area contributed by atoms with E-state index in [9.17, 15) is 0 Å². The van der Waals surface area contributed by atoms with Crippen molar-refractivity contribution in [2.45, 2.75) is 58.8 Å². The number of hydrogen-bond donors (Lipinski definition) is 0. The first kappa shape index (κ1) is 38.4. The van der Waals surface area contributed by atoms with Gasteiger partial charge in [0, 0.05) is 11.8 Å². The molecular formula is C18H35Cl5MgSi2. The van der Waals surface area contributed by atoms with E-state index in [-0.39, 0.29) is 35.5 Å². The van der Waals surface area contributed by atoms with Crippen molar-refractivity contribution in [2.75, 3.05) is 11.8 Å². The van der Waals surface area contributed by atoms with Crippen LogP contribution >= 0.6 is 45.4 Å². The van der Waals surface area contributed by atoms with Crippen LogP contribution in [-0.2, 0) is 0 Å². The summed E-state index contributed by atoms with van der Waals surface area (Å²) in [5.41, 5.74) is 0.917. The van der Waals surface area contributed by atoms with Gasteiger partial charge in [0.25, 0.3) is 0 Å². The molecule has 8 heteroatoms. The summed E-state index contributed by atoms with van der Waals surface area (Å²) in [4.78, 5) is 0. The van der Waals surface area contributed by atoms with Crippen molar-refractivity contribution in [1.82, 2.24) is 0 Å². The molecule has 0 nitrogen and oxygen atoms in total. The number of hydrogen-bond acceptors (Lipinski definition) is 0. The van der Waals surface area contributed by atoms with Gasteiger partial charge in [0.15, 0.2) is 0 Å². The molecule has 0 spiro atoms. The summed E-state index contributed by atoms with van der Waals surface area (Å²) in [5, 5.41) is 2.64. The molecule has 0 bridgehead atoms. The Kier molecular flexibility index (Phi) is 31.6. The Labute approximate surface area is 207 Å². The van der Waals surface area contributed by atoms with E-state index in [0.29, 0.717) is 5.88 Å². The average Bonchev–Trinajstić information content (AvgIpc) is 2.41. The molecule has 0 aromatic rings. The Morgan fingerprint density at radius 2 is 1.12 bits per heavy atom. The van der Waals surface area contributed by atoms with Crippen molar-refractivity contribution in [3.05, 3.63) is 42.6 Å². The molecule has 0 radical (unpaired) electrons. The molecule has 0 atom stereocenters. The van der Waals surface area contributed by atoms with Gasteiger partial charge in [-0.25, -0.2) is 19.1 Å². The summed E-state index contributed by atoms with van der Waals surface area (Å²) in [5.74, 6) is 1.42. The van der Waals surface area contributed by atoms with Crippen LogP contribution in [-0.4, -0.2) is 49.6 Å². The van der Waals surface area contributed by atoms with Crippen LogP contribution in [0.1, 0.15) is 33.6 Å². The first-order valence-electron chi connectivity index (χ1n) is 8.03. The monoisotopic (exact) mass is 506 g/mol. The minimum atomic E-state index is -1.82. The summed E-state index contributed by atoms with van der Waals surface area (Å²) >= 11 is 22.6. The number of alkyl halides is 2. The van der Waals surface area contributed by atoms with Gasteiger partial charge in [-0.15, -0.1) is 58.5 Å². The quantitative estimate of drug-likeness (QED) is 0.185. The fraction of sp³-hybridized carbons (Fsp3) is 0.611. The Hall–Kier alpha value is 1.74. The van der Waals surface area contributed by atoms with Crippen molar-refractivity contribution in [3.8, 4) is 0 Å². The smallest absolute Gasteiger partial charge is 1.00 e. The molecule has 0 fully saturated rings. The molecule has 0 rings (SSSR count). The average molecular weight is 509 g/mol. The zero-order valence-corrected chi connectivity index (χ0v) is 24.4. The van der Waals surface area contributed by atoms with E-state index in [1.807, 2.05) is 13.5 Å². The van der Waals surface area contributed by atoms with Crippen molar-refractivity contribution < 1.29 is 12.4 Å². The zero-order valence-electron chi connectivity index (χ0n) is 17.2. The third-order valence-electron chi connectivity index (χ3n) is 3.44. The van der Waals surface area contributed by atoms with E-state index in [1.165, 1.54) is 16.4 Å². The van der Waals surface area contributed by atoms with Crippen molar-refractivity contribution in [3.63, 3.8) is 0 Å². The van der Waals surface area contributed by atoms with Gasteiger partial charge in [-0.2, -0.15) is 0 Å². The second kappa shape index (κ2) is 21.4. The van der Waals surface area contributed by atoms with E-state index in [1.54, 1.807) is 0 Å². The maximum absolute atomic E-state index is 5.76. The van der Waals surface area contributed by atoms with Gasteiger partial charge in [0.05, 0.1) is 0 Å². The normalized spacial score (nSPS) is 9.88. The summed E-state index contributed by atoms with van der Waals surface area (Å²) in [6.07, 6.45) is 2.03. The minimum Gasteiger partial charge on any atom is -1.00 e. The van der Waals surface area contributed by atoms with Crippen molar-refractivity contribution >= 4 is 83.2 Å². The zero-order chi connectivity index (χ0) is 20.0. The third-order valence-corrected chi connectivity index (χ3v) is 11.5. The third kappa shape index (κ3) is 28.0. The van der Waals surface area contributed by atoms with Crippen molar-refractivity contribution in [1.29, 1.82) is 0 Å². The predicted molar refractivity (Wildman–Crippen MR) is 131 cm³/mol. The summed E-state index contributed by atoms with van der Waals surface area (Å²) < 4.78 is 0. The fourth-order valence-electron chi connectivity index (χ4n) is 1.59. The summed E-state index contributed by atoms with van der Waals surface area (Å²) in [6.45, 7) is 23.5. The summed E-state index contributed by atoms with van der Waals surface area (Å²) in [7, 11) is -1.40. The second-order valence-electron chi connectivity index (χ2n) is 6.51. The van der Waals surface area contributed by atoms with Crippen LogP contribution in [0.25, 0.3) is 0 Å². The van der Waals surface area contributed by atoms with E-state index in [0.717, 1.165) is 30.3 Å². The first-order chi connectivity index (χ1) is 10.7. The topological polar surface area (TPSA) is 0 Å². The molecule has 0 aromatic carbocycles. The maximum atomic E-state index is 5.76. The molecule has 0 saturated carbocycles. The van der Waals surface area contributed by atoms with Crippen LogP contribution in [0.15, 0.2) is 35.7 Å². The number of allylic oxidation sites excluding steroid dienone is 3. The molecule has 0 heterocycles. The van der Waals surface area contributed by atoms with Gasteiger partial charge in [0.2, 0.25) is 6.69 Å². The molecule has 0 unspecified atom stereocenters.